The average molecular weight is 412 g/mol. The third-order valence-electron chi connectivity index (χ3n) is 4.68. The molecule has 0 saturated carbocycles. The molecule has 2 nitrogen and oxygen atoms in total. The summed E-state index contributed by atoms with van der Waals surface area (Å²) in [6.07, 6.45) is 0. The maximum absolute atomic E-state index is 13.1. The Morgan fingerprint density at radius 3 is 1.71 bits per heavy atom. The fraction of sp³-hybridized carbons (Fsp3) is 0.250. The van der Waals surface area contributed by atoms with Gasteiger partial charge in [0.1, 0.15) is 4.75 Å². The lowest BCUT2D eigenvalue weighted by Crippen LogP contribution is -2.43. The van der Waals surface area contributed by atoms with E-state index in [1.807, 2.05) is 81.4 Å². The molecule has 0 aliphatic carbocycles. The molecule has 0 radical (unpaired) electrons. The number of hydrogen-bond acceptors (Lipinski definition) is 2. The first-order valence-electron chi connectivity index (χ1n) is 9.40. The monoisotopic (exact) mass is 411 g/mol. The molecule has 0 bridgehead atoms. The van der Waals surface area contributed by atoms with Crippen LogP contribution in [0.4, 0.5) is 0 Å². The van der Waals surface area contributed by atoms with Gasteiger partial charge in [0.2, 0.25) is 0 Å². The van der Waals surface area contributed by atoms with Crippen LogP contribution in [0.1, 0.15) is 49.4 Å². The molecular formula is C24H26ClNOS. The zero-order valence-electron chi connectivity index (χ0n) is 16.4. The van der Waals surface area contributed by atoms with Crippen LogP contribution in [-0.2, 0) is 11.4 Å². The molecule has 0 fully saturated rings. The lowest BCUT2D eigenvalue weighted by atomic mass is 9.82. The molecule has 0 aromatic heterocycles. The maximum atomic E-state index is 13.1. The summed E-state index contributed by atoms with van der Waals surface area (Å²) in [7, 11) is 0. The van der Waals surface area contributed by atoms with E-state index in [-0.39, 0.29) is 12.0 Å². The molecule has 28 heavy (non-hydrogen) atoms. The van der Waals surface area contributed by atoms with E-state index >= 15 is 0 Å². The minimum atomic E-state index is -1.25. The molecule has 4 heteroatoms. The van der Waals surface area contributed by atoms with Crippen molar-refractivity contribution < 1.29 is 4.55 Å². The van der Waals surface area contributed by atoms with Gasteiger partial charge in [-0.1, -0.05) is 90.5 Å². The molecule has 2 atom stereocenters. The fourth-order valence-electron chi connectivity index (χ4n) is 3.23. The minimum Gasteiger partial charge on any atom is -0.598 e. The minimum absolute atomic E-state index is 0.0337. The quantitative estimate of drug-likeness (QED) is 0.485. The van der Waals surface area contributed by atoms with Crippen LogP contribution in [0.2, 0.25) is 5.02 Å². The van der Waals surface area contributed by atoms with Gasteiger partial charge < -0.3 is 4.55 Å². The van der Waals surface area contributed by atoms with Gasteiger partial charge in [0.05, 0.1) is 6.04 Å². The van der Waals surface area contributed by atoms with E-state index in [0.717, 1.165) is 16.7 Å². The first-order chi connectivity index (χ1) is 13.4. The fourth-order valence-corrected chi connectivity index (χ4v) is 4.33. The van der Waals surface area contributed by atoms with Crippen molar-refractivity contribution in [1.82, 2.24) is 4.72 Å². The van der Waals surface area contributed by atoms with E-state index in [1.165, 1.54) is 0 Å². The molecule has 0 amide bonds. The molecule has 0 aliphatic heterocycles. The molecule has 1 N–H and O–H groups in total. The Morgan fingerprint density at radius 2 is 1.25 bits per heavy atom. The molecule has 3 aromatic carbocycles. The normalized spacial score (nSPS) is 14.1. The Morgan fingerprint density at radius 1 is 0.786 bits per heavy atom. The molecule has 3 rings (SSSR count). The summed E-state index contributed by atoms with van der Waals surface area (Å²) in [6, 6.07) is 28.2. The molecule has 0 aliphatic rings. The van der Waals surface area contributed by atoms with Crippen LogP contribution in [0.25, 0.3) is 0 Å². The predicted molar refractivity (Wildman–Crippen MR) is 120 cm³/mol. The van der Waals surface area contributed by atoms with Gasteiger partial charge in [-0.2, -0.15) is 0 Å². The summed E-state index contributed by atoms with van der Waals surface area (Å²) >= 11 is 5.34. The summed E-state index contributed by atoms with van der Waals surface area (Å²) in [6.45, 7) is 5.92. The van der Waals surface area contributed by atoms with Gasteiger partial charge in [-0.05, 0) is 43.5 Å². The second-order valence-electron chi connectivity index (χ2n) is 7.80. The van der Waals surface area contributed by atoms with Crippen molar-refractivity contribution in [2.24, 2.45) is 0 Å². The summed E-state index contributed by atoms with van der Waals surface area (Å²) < 4.78 is 16.1. The highest BCUT2D eigenvalue weighted by atomic mass is 35.5. The highest BCUT2D eigenvalue weighted by molar-refractivity contribution is 7.90. The second kappa shape index (κ2) is 9.15. The topological polar surface area (TPSA) is 35.1 Å². The summed E-state index contributed by atoms with van der Waals surface area (Å²) in [5.41, 5.74) is 3.24. The van der Waals surface area contributed by atoms with Crippen molar-refractivity contribution in [2.45, 2.75) is 37.5 Å². The average Bonchev–Trinajstić information content (AvgIpc) is 2.69. The lowest BCUT2D eigenvalue weighted by molar-refractivity contribution is 0.505. The van der Waals surface area contributed by atoms with Crippen molar-refractivity contribution in [2.75, 3.05) is 0 Å². The second-order valence-corrected chi connectivity index (χ2v) is 10.2. The summed E-state index contributed by atoms with van der Waals surface area (Å²) in [5.74, 6) is -0.0337. The lowest BCUT2D eigenvalue weighted by Gasteiger charge is -2.33. The van der Waals surface area contributed by atoms with E-state index in [9.17, 15) is 4.55 Å². The maximum Gasteiger partial charge on any atom is 0.136 e. The van der Waals surface area contributed by atoms with Crippen LogP contribution in [0.15, 0.2) is 84.9 Å². The number of rotatable bonds is 6. The third-order valence-corrected chi connectivity index (χ3v) is 6.61. The van der Waals surface area contributed by atoms with Crippen molar-refractivity contribution in [1.29, 1.82) is 0 Å². The van der Waals surface area contributed by atoms with Crippen LogP contribution in [0, 0.1) is 0 Å². The van der Waals surface area contributed by atoms with Crippen molar-refractivity contribution in [3.8, 4) is 0 Å². The van der Waals surface area contributed by atoms with Gasteiger partial charge in [-0.15, -0.1) is 4.72 Å². The van der Waals surface area contributed by atoms with Crippen LogP contribution in [0.5, 0.6) is 0 Å². The van der Waals surface area contributed by atoms with Crippen LogP contribution >= 0.6 is 11.6 Å². The Balaban J connectivity index is 2.15. The molecule has 0 heterocycles. The smallest absolute Gasteiger partial charge is 0.136 e. The molecule has 0 saturated heterocycles. The number of hydrogen-bond donors (Lipinski definition) is 1. The van der Waals surface area contributed by atoms with Crippen LogP contribution < -0.4 is 4.72 Å². The van der Waals surface area contributed by atoms with Crippen molar-refractivity contribution in [3.63, 3.8) is 0 Å². The number of nitrogens with one attached hydrogen (secondary N) is 1. The van der Waals surface area contributed by atoms with Gasteiger partial charge >= 0.3 is 0 Å². The van der Waals surface area contributed by atoms with E-state index in [0.29, 0.717) is 5.02 Å². The Kier molecular flexibility index (Phi) is 6.84. The van der Waals surface area contributed by atoms with Gasteiger partial charge in [0.25, 0.3) is 0 Å². The Labute approximate surface area is 176 Å². The van der Waals surface area contributed by atoms with Crippen LogP contribution in [0.3, 0.4) is 0 Å². The van der Waals surface area contributed by atoms with E-state index in [1.54, 1.807) is 0 Å². The summed E-state index contributed by atoms with van der Waals surface area (Å²) in [4.78, 5) is 0. The first-order valence-corrected chi connectivity index (χ1v) is 10.9. The SMILES string of the molecule is CC(C)(C)[S@@+]([O-])NC(c1ccccc1Cl)C(c1ccccc1)c1ccccc1. The standard InChI is InChI=1S/C24H26ClNOS/c1-24(2,3)28(27)26-23(20-16-10-11-17-21(20)25)22(18-12-6-4-7-13-18)19-14-8-5-9-15-19/h4-17,22-23,26H,1-3H3/t23?,28-/m1/s1. The molecule has 146 valence electrons. The van der Waals surface area contributed by atoms with Crippen molar-refractivity contribution in [3.05, 3.63) is 107 Å². The van der Waals surface area contributed by atoms with Crippen molar-refractivity contribution >= 4 is 23.0 Å². The van der Waals surface area contributed by atoms with E-state index in [2.05, 4.69) is 29.0 Å². The zero-order valence-corrected chi connectivity index (χ0v) is 18.0. The van der Waals surface area contributed by atoms with Crippen LogP contribution in [-0.4, -0.2) is 9.30 Å². The zero-order chi connectivity index (χ0) is 20.1. The molecule has 0 spiro atoms. The highest BCUT2D eigenvalue weighted by Crippen LogP contribution is 2.40. The van der Waals surface area contributed by atoms with Gasteiger partial charge in [0, 0.05) is 22.3 Å². The number of benzene rings is 3. The largest absolute Gasteiger partial charge is 0.598 e. The van der Waals surface area contributed by atoms with Gasteiger partial charge in [-0.25, -0.2) is 0 Å². The van der Waals surface area contributed by atoms with E-state index in [4.69, 9.17) is 11.6 Å². The van der Waals surface area contributed by atoms with Gasteiger partial charge in [0.15, 0.2) is 0 Å². The first kappa shape index (κ1) is 20.9. The Bertz CT molecular complexity index is 840. The van der Waals surface area contributed by atoms with E-state index < -0.39 is 16.1 Å². The third kappa shape index (κ3) is 4.98. The molecular weight excluding hydrogens is 386 g/mol. The predicted octanol–water partition coefficient (Wildman–Crippen LogP) is 6.27. The highest BCUT2D eigenvalue weighted by Gasteiger charge is 2.35. The van der Waals surface area contributed by atoms with Gasteiger partial charge in [-0.3, -0.25) is 0 Å². The molecule has 1 unspecified atom stereocenters. The summed E-state index contributed by atoms with van der Waals surface area (Å²) in [5, 5.41) is 0.669. The number of halogens is 1. The molecule has 3 aromatic rings. The Hall–Kier alpha value is -1.78.